The van der Waals surface area contributed by atoms with E-state index in [1.165, 1.54) is 23.9 Å². The number of hydrogen-bond donors (Lipinski definition) is 1. The average molecular weight is 398 g/mol. The molecule has 3 aromatic rings. The van der Waals surface area contributed by atoms with Gasteiger partial charge >= 0.3 is 0 Å². The summed E-state index contributed by atoms with van der Waals surface area (Å²) in [5, 5.41) is 4.78. The zero-order chi connectivity index (χ0) is 17.1. The van der Waals surface area contributed by atoms with Gasteiger partial charge in [0.15, 0.2) is 0 Å². The van der Waals surface area contributed by atoms with E-state index in [1.54, 1.807) is 6.20 Å². The van der Waals surface area contributed by atoms with Gasteiger partial charge in [-0.05, 0) is 24.3 Å². The molecule has 122 valence electrons. The molecule has 1 heterocycles. The molecule has 1 N–H and O–H groups in total. The van der Waals surface area contributed by atoms with E-state index in [9.17, 15) is 4.79 Å². The molecule has 0 spiro atoms. The minimum Gasteiger partial charge on any atom is -0.323 e. The zero-order valence-electron chi connectivity index (χ0n) is 12.2. The number of carbonyl (C=O) groups excluding carboxylic acids is 1. The number of nitrogens with zero attached hydrogens (tertiary/aromatic N) is 1. The maximum absolute atomic E-state index is 12.2. The summed E-state index contributed by atoms with van der Waals surface area (Å²) < 4.78 is 0. The average Bonchev–Trinajstić information content (AvgIpc) is 2.56. The largest absolute Gasteiger partial charge is 0.323 e. The Bertz CT molecular complexity index is 889. The highest BCUT2D eigenvalue weighted by Crippen LogP contribution is 2.34. The molecule has 0 saturated carbocycles. The summed E-state index contributed by atoms with van der Waals surface area (Å²) in [6, 6.07) is 12.8. The minimum atomic E-state index is -0.209. The van der Waals surface area contributed by atoms with Crippen LogP contribution in [0, 0.1) is 0 Å². The Hall–Kier alpha value is -1.46. The molecule has 0 unspecified atom stereocenters. The first-order chi connectivity index (χ1) is 11.5. The second-order valence-electron chi connectivity index (χ2n) is 4.91. The number of carbonyl (C=O) groups is 1. The van der Waals surface area contributed by atoms with Gasteiger partial charge in [0.05, 0.1) is 27.0 Å². The lowest BCUT2D eigenvalue weighted by Crippen LogP contribution is -2.14. The zero-order valence-corrected chi connectivity index (χ0v) is 15.3. The summed E-state index contributed by atoms with van der Waals surface area (Å²) in [6.45, 7) is 0. The van der Waals surface area contributed by atoms with Crippen molar-refractivity contribution in [3.05, 3.63) is 63.7 Å². The molecule has 1 aromatic heterocycles. The van der Waals surface area contributed by atoms with Crippen LogP contribution < -0.4 is 5.32 Å². The van der Waals surface area contributed by atoms with Crippen LogP contribution in [0.3, 0.4) is 0 Å². The Labute approximate surface area is 158 Å². The van der Waals surface area contributed by atoms with Crippen LogP contribution in [0.25, 0.3) is 10.9 Å². The summed E-state index contributed by atoms with van der Waals surface area (Å²) in [5.41, 5.74) is 1.24. The van der Waals surface area contributed by atoms with Crippen molar-refractivity contribution in [3.63, 3.8) is 0 Å². The summed E-state index contributed by atoms with van der Waals surface area (Å²) >= 11 is 19.4. The van der Waals surface area contributed by atoms with Crippen LogP contribution in [-0.2, 0) is 4.79 Å². The van der Waals surface area contributed by atoms with Crippen LogP contribution in [0.2, 0.25) is 15.1 Å². The van der Waals surface area contributed by atoms with Crippen LogP contribution in [0.4, 0.5) is 5.69 Å². The number of aromatic nitrogens is 1. The standard InChI is InChI=1S/C17H11Cl3N2OS/c18-11-7-12(19)17(13(20)8-11)22-15(23)9-24-14-5-1-3-10-4-2-6-21-16(10)14/h1-8H,9H2,(H,22,23). The molecule has 7 heteroatoms. The van der Waals surface area contributed by atoms with Crippen molar-refractivity contribution in [2.75, 3.05) is 11.1 Å². The lowest BCUT2D eigenvalue weighted by molar-refractivity contribution is -0.113. The smallest absolute Gasteiger partial charge is 0.234 e. The predicted molar refractivity (Wildman–Crippen MR) is 103 cm³/mol. The van der Waals surface area contributed by atoms with Crippen LogP contribution in [0.1, 0.15) is 0 Å². The summed E-state index contributed by atoms with van der Waals surface area (Å²) in [6.07, 6.45) is 1.74. The fourth-order valence-corrected chi connectivity index (χ4v) is 3.93. The van der Waals surface area contributed by atoms with Gasteiger partial charge in [-0.1, -0.05) is 53.0 Å². The fraction of sp³-hybridized carbons (Fsp3) is 0.0588. The second kappa shape index (κ2) is 7.62. The number of hydrogen-bond acceptors (Lipinski definition) is 3. The lowest BCUT2D eigenvalue weighted by Gasteiger charge is -2.10. The van der Waals surface area contributed by atoms with Gasteiger partial charge in [0.1, 0.15) is 0 Å². The number of anilines is 1. The quantitative estimate of drug-likeness (QED) is 0.555. The summed E-state index contributed by atoms with van der Waals surface area (Å²) in [5.74, 6) is 0.00406. The number of thioether (sulfide) groups is 1. The highest BCUT2D eigenvalue weighted by atomic mass is 35.5. The summed E-state index contributed by atoms with van der Waals surface area (Å²) in [4.78, 5) is 17.5. The van der Waals surface area contributed by atoms with Gasteiger partial charge in [-0.25, -0.2) is 0 Å². The van der Waals surface area contributed by atoms with Gasteiger partial charge in [0.2, 0.25) is 5.91 Å². The van der Waals surface area contributed by atoms with E-state index >= 15 is 0 Å². The Morgan fingerprint density at radius 3 is 2.54 bits per heavy atom. The van der Waals surface area contributed by atoms with E-state index in [0.29, 0.717) is 20.8 Å². The third-order valence-electron chi connectivity index (χ3n) is 3.23. The molecule has 0 bridgehead atoms. The number of para-hydroxylation sites is 1. The first kappa shape index (κ1) is 17.4. The van der Waals surface area contributed by atoms with Crippen molar-refractivity contribution in [1.82, 2.24) is 4.98 Å². The number of fused-ring (bicyclic) bond motifs is 1. The molecular formula is C17H11Cl3N2OS. The van der Waals surface area contributed by atoms with Gasteiger partial charge in [0, 0.05) is 21.5 Å². The molecule has 0 aliphatic heterocycles. The van der Waals surface area contributed by atoms with E-state index in [-0.39, 0.29) is 11.7 Å². The Morgan fingerprint density at radius 1 is 1.08 bits per heavy atom. The number of nitrogens with one attached hydrogen (secondary N) is 1. The van der Waals surface area contributed by atoms with E-state index in [4.69, 9.17) is 34.8 Å². The lowest BCUT2D eigenvalue weighted by atomic mass is 10.2. The molecule has 0 aliphatic rings. The number of amides is 1. The van der Waals surface area contributed by atoms with Crippen molar-refractivity contribution in [3.8, 4) is 0 Å². The highest BCUT2D eigenvalue weighted by molar-refractivity contribution is 8.00. The van der Waals surface area contributed by atoms with Crippen LogP contribution >= 0.6 is 46.6 Å². The molecule has 0 saturated heterocycles. The van der Waals surface area contributed by atoms with Gasteiger partial charge in [-0.3, -0.25) is 9.78 Å². The number of halogens is 3. The van der Waals surface area contributed by atoms with E-state index in [0.717, 1.165) is 15.8 Å². The Balaban J connectivity index is 1.72. The van der Waals surface area contributed by atoms with Gasteiger partial charge < -0.3 is 5.32 Å². The van der Waals surface area contributed by atoms with Gasteiger partial charge in [-0.15, -0.1) is 11.8 Å². The van der Waals surface area contributed by atoms with Crippen molar-refractivity contribution in [1.29, 1.82) is 0 Å². The normalized spacial score (nSPS) is 10.8. The van der Waals surface area contributed by atoms with Crippen LogP contribution in [-0.4, -0.2) is 16.6 Å². The molecule has 0 radical (unpaired) electrons. The molecule has 3 rings (SSSR count). The second-order valence-corrected chi connectivity index (χ2v) is 7.18. The monoisotopic (exact) mass is 396 g/mol. The van der Waals surface area contributed by atoms with E-state index in [1.807, 2.05) is 30.3 Å². The topological polar surface area (TPSA) is 42.0 Å². The van der Waals surface area contributed by atoms with Crippen molar-refractivity contribution in [2.45, 2.75) is 4.90 Å². The third-order valence-corrected chi connectivity index (χ3v) is 5.09. The van der Waals surface area contributed by atoms with Crippen molar-refractivity contribution < 1.29 is 4.79 Å². The minimum absolute atomic E-state index is 0.209. The number of benzene rings is 2. The molecule has 0 aliphatic carbocycles. The Morgan fingerprint density at radius 2 is 1.79 bits per heavy atom. The van der Waals surface area contributed by atoms with Crippen molar-refractivity contribution >= 4 is 69.1 Å². The molecule has 1 amide bonds. The first-order valence-electron chi connectivity index (χ1n) is 6.95. The molecule has 0 fully saturated rings. The highest BCUT2D eigenvalue weighted by Gasteiger charge is 2.12. The molecule has 3 nitrogen and oxygen atoms in total. The first-order valence-corrected chi connectivity index (χ1v) is 9.07. The molecule has 24 heavy (non-hydrogen) atoms. The molecule has 0 atom stereocenters. The SMILES string of the molecule is O=C(CSc1cccc2cccnc12)Nc1c(Cl)cc(Cl)cc1Cl. The number of rotatable bonds is 4. The Kier molecular flexibility index (Phi) is 5.51. The van der Waals surface area contributed by atoms with E-state index < -0.39 is 0 Å². The van der Waals surface area contributed by atoms with Crippen molar-refractivity contribution in [2.24, 2.45) is 0 Å². The maximum atomic E-state index is 12.2. The fourth-order valence-electron chi connectivity index (χ4n) is 2.17. The molecule has 2 aromatic carbocycles. The predicted octanol–water partition coefficient (Wildman–Crippen LogP) is 5.93. The van der Waals surface area contributed by atoms with E-state index in [2.05, 4.69) is 10.3 Å². The summed E-state index contributed by atoms with van der Waals surface area (Å²) in [7, 11) is 0. The third kappa shape index (κ3) is 3.95. The van der Waals surface area contributed by atoms with Gasteiger partial charge in [0.25, 0.3) is 0 Å². The molecular weight excluding hydrogens is 387 g/mol. The maximum Gasteiger partial charge on any atom is 0.234 e. The number of pyridine rings is 1. The van der Waals surface area contributed by atoms with Gasteiger partial charge in [-0.2, -0.15) is 0 Å². The van der Waals surface area contributed by atoms with Crippen LogP contribution in [0.5, 0.6) is 0 Å². The van der Waals surface area contributed by atoms with Crippen LogP contribution in [0.15, 0.2) is 53.6 Å².